The van der Waals surface area contributed by atoms with Crippen LogP contribution in [0, 0.1) is 0 Å². The smallest absolute Gasteiger partial charge is 0.316 e. The van der Waals surface area contributed by atoms with Gasteiger partial charge in [-0.05, 0) is 39.4 Å². The van der Waals surface area contributed by atoms with Gasteiger partial charge in [-0.15, -0.1) is 0 Å². The Kier molecular flexibility index (Phi) is 7.95. The highest BCUT2D eigenvalue weighted by Gasteiger charge is 2.05. The number of rotatable bonds is 7. The fourth-order valence-electron chi connectivity index (χ4n) is 0.919. The van der Waals surface area contributed by atoms with Crippen molar-refractivity contribution >= 4 is 17.7 Å². The molecule has 0 aliphatic carbocycles. The molecule has 14 heavy (non-hydrogen) atoms. The van der Waals surface area contributed by atoms with Gasteiger partial charge in [-0.25, -0.2) is 4.39 Å². The van der Waals surface area contributed by atoms with Crippen LogP contribution in [0.1, 0.15) is 33.6 Å². The van der Waals surface area contributed by atoms with Crippen LogP contribution in [-0.4, -0.2) is 29.8 Å². The third kappa shape index (κ3) is 9.84. The van der Waals surface area contributed by atoms with Crippen LogP contribution >= 0.6 is 11.8 Å². The summed E-state index contributed by atoms with van der Waals surface area (Å²) in [6.07, 6.45) is 0.607. The molecule has 0 heterocycles. The van der Waals surface area contributed by atoms with Gasteiger partial charge in [-0.3, -0.25) is 4.79 Å². The number of ether oxygens (including phenoxy) is 1. The Hall–Kier alpha value is -0.250. The van der Waals surface area contributed by atoms with Crippen LogP contribution in [0.3, 0.4) is 0 Å². The molecule has 84 valence electrons. The molecule has 0 saturated carbocycles. The lowest BCUT2D eigenvalue weighted by atomic mass is 10.2. The molecule has 0 aliphatic heterocycles. The third-order valence-electron chi connectivity index (χ3n) is 1.48. The molecule has 2 nitrogen and oxygen atoms in total. The van der Waals surface area contributed by atoms with Crippen molar-refractivity contribution in [3.05, 3.63) is 0 Å². The molecule has 0 amide bonds. The average molecular weight is 222 g/mol. The van der Waals surface area contributed by atoms with Crippen molar-refractivity contribution < 1.29 is 13.9 Å². The topological polar surface area (TPSA) is 26.3 Å². The second-order valence-electron chi connectivity index (χ2n) is 3.51. The van der Waals surface area contributed by atoms with Crippen LogP contribution in [0.15, 0.2) is 0 Å². The minimum Gasteiger partial charge on any atom is -0.462 e. The monoisotopic (exact) mass is 222 g/mol. The lowest BCUT2D eigenvalue weighted by Gasteiger charge is -2.07. The lowest BCUT2D eigenvalue weighted by Crippen LogP contribution is -2.13. The zero-order valence-corrected chi connectivity index (χ0v) is 9.90. The first-order valence-corrected chi connectivity index (χ1v) is 6.09. The molecule has 1 atom stereocenters. The van der Waals surface area contributed by atoms with Crippen molar-refractivity contribution in [2.75, 3.05) is 11.5 Å². The summed E-state index contributed by atoms with van der Waals surface area (Å²) in [6, 6.07) is 0. The van der Waals surface area contributed by atoms with E-state index in [0.717, 1.165) is 12.2 Å². The van der Waals surface area contributed by atoms with Gasteiger partial charge in [0.05, 0.1) is 18.0 Å². The first-order valence-electron chi connectivity index (χ1n) is 4.93. The summed E-state index contributed by atoms with van der Waals surface area (Å²) in [5.74, 6) is 1.01. The maximum Gasteiger partial charge on any atom is 0.316 e. The van der Waals surface area contributed by atoms with Crippen molar-refractivity contribution in [3.8, 4) is 0 Å². The summed E-state index contributed by atoms with van der Waals surface area (Å²) in [5, 5.41) is 0. The van der Waals surface area contributed by atoms with Gasteiger partial charge >= 0.3 is 5.97 Å². The van der Waals surface area contributed by atoms with E-state index in [1.54, 1.807) is 6.92 Å². The molecule has 0 rings (SSSR count). The highest BCUT2D eigenvalue weighted by atomic mass is 32.2. The third-order valence-corrected chi connectivity index (χ3v) is 2.49. The molecule has 0 bridgehead atoms. The van der Waals surface area contributed by atoms with Gasteiger partial charge in [0.2, 0.25) is 0 Å². The summed E-state index contributed by atoms with van der Waals surface area (Å²) in [4.78, 5) is 11.0. The molecule has 0 aromatic carbocycles. The highest BCUT2D eigenvalue weighted by molar-refractivity contribution is 7.99. The Morgan fingerprint density at radius 3 is 2.57 bits per heavy atom. The minimum atomic E-state index is -0.738. The van der Waals surface area contributed by atoms with Crippen molar-refractivity contribution in [2.24, 2.45) is 0 Å². The average Bonchev–Trinajstić information content (AvgIpc) is 2.01. The quantitative estimate of drug-likeness (QED) is 0.489. The lowest BCUT2D eigenvalue weighted by molar-refractivity contribution is -0.144. The Labute approximate surface area is 89.6 Å². The number of thioether (sulfide) groups is 1. The molecule has 0 radical (unpaired) electrons. The van der Waals surface area contributed by atoms with E-state index in [4.69, 9.17) is 4.74 Å². The normalized spacial score (nSPS) is 12.9. The number of alkyl halides is 1. The summed E-state index contributed by atoms with van der Waals surface area (Å²) in [7, 11) is 0. The number of carbonyl (C=O) groups is 1. The van der Waals surface area contributed by atoms with E-state index in [0.29, 0.717) is 12.2 Å². The Balaban J connectivity index is 3.23. The summed E-state index contributed by atoms with van der Waals surface area (Å²) >= 11 is 1.50. The molecular formula is C10H19FO2S. The second kappa shape index (κ2) is 8.09. The van der Waals surface area contributed by atoms with E-state index < -0.39 is 6.17 Å². The van der Waals surface area contributed by atoms with Gasteiger partial charge in [0, 0.05) is 0 Å². The van der Waals surface area contributed by atoms with Crippen LogP contribution in [0.2, 0.25) is 0 Å². The summed E-state index contributed by atoms with van der Waals surface area (Å²) < 4.78 is 17.3. The number of halogens is 1. The first kappa shape index (κ1) is 13.8. The Morgan fingerprint density at radius 2 is 2.07 bits per heavy atom. The standard InChI is InChI=1S/C10H19FO2S/c1-8(2)13-10(12)7-14-6-4-5-9(3)11/h8-9H,4-7H2,1-3H3. The predicted molar refractivity (Wildman–Crippen MR) is 58.4 cm³/mol. The van der Waals surface area contributed by atoms with Crippen molar-refractivity contribution in [1.29, 1.82) is 0 Å². The van der Waals surface area contributed by atoms with E-state index >= 15 is 0 Å². The van der Waals surface area contributed by atoms with Gasteiger partial charge in [0.1, 0.15) is 0 Å². The number of hydrogen-bond donors (Lipinski definition) is 0. The largest absolute Gasteiger partial charge is 0.462 e. The minimum absolute atomic E-state index is 0.0473. The van der Waals surface area contributed by atoms with Crippen LogP contribution in [-0.2, 0) is 9.53 Å². The molecule has 0 aliphatic rings. The van der Waals surface area contributed by atoms with Crippen molar-refractivity contribution in [2.45, 2.75) is 45.9 Å². The molecule has 0 aromatic rings. The predicted octanol–water partition coefficient (Wildman–Crippen LogP) is 2.81. The highest BCUT2D eigenvalue weighted by Crippen LogP contribution is 2.08. The van der Waals surface area contributed by atoms with Crippen molar-refractivity contribution in [3.63, 3.8) is 0 Å². The molecule has 0 N–H and O–H groups in total. The van der Waals surface area contributed by atoms with Gasteiger partial charge in [0.15, 0.2) is 0 Å². The van der Waals surface area contributed by atoms with Gasteiger partial charge in [0.25, 0.3) is 0 Å². The fourth-order valence-corrected chi connectivity index (χ4v) is 1.67. The molecule has 0 fully saturated rings. The van der Waals surface area contributed by atoms with Crippen LogP contribution in [0.4, 0.5) is 4.39 Å². The van der Waals surface area contributed by atoms with Crippen molar-refractivity contribution in [1.82, 2.24) is 0 Å². The SMILES string of the molecule is CC(F)CCCSCC(=O)OC(C)C. The Bertz CT molecular complexity index is 160. The van der Waals surface area contributed by atoms with Gasteiger partial charge < -0.3 is 4.74 Å². The molecule has 0 aromatic heterocycles. The Morgan fingerprint density at radius 1 is 1.43 bits per heavy atom. The fraction of sp³-hybridized carbons (Fsp3) is 0.900. The van der Waals surface area contributed by atoms with E-state index in [9.17, 15) is 9.18 Å². The molecular weight excluding hydrogens is 203 g/mol. The maximum absolute atomic E-state index is 12.4. The van der Waals surface area contributed by atoms with E-state index in [2.05, 4.69) is 0 Å². The van der Waals surface area contributed by atoms with E-state index in [-0.39, 0.29) is 12.1 Å². The van der Waals surface area contributed by atoms with Crippen LogP contribution in [0.5, 0.6) is 0 Å². The van der Waals surface area contributed by atoms with E-state index in [1.807, 2.05) is 13.8 Å². The van der Waals surface area contributed by atoms with Crippen LogP contribution in [0.25, 0.3) is 0 Å². The second-order valence-corrected chi connectivity index (χ2v) is 4.62. The number of esters is 1. The first-order chi connectivity index (χ1) is 6.52. The van der Waals surface area contributed by atoms with Gasteiger partial charge in [-0.2, -0.15) is 11.8 Å². The number of hydrogen-bond acceptors (Lipinski definition) is 3. The van der Waals surface area contributed by atoms with Crippen LogP contribution < -0.4 is 0 Å². The summed E-state index contributed by atoms with van der Waals surface area (Å²) in [5.41, 5.74) is 0. The zero-order chi connectivity index (χ0) is 11.0. The molecule has 0 spiro atoms. The zero-order valence-electron chi connectivity index (χ0n) is 9.09. The maximum atomic E-state index is 12.4. The molecule has 4 heteroatoms. The molecule has 1 unspecified atom stereocenters. The summed E-state index contributed by atoms with van der Waals surface area (Å²) in [6.45, 7) is 5.21. The van der Waals surface area contributed by atoms with Gasteiger partial charge in [-0.1, -0.05) is 0 Å². The number of carbonyl (C=O) groups excluding carboxylic acids is 1. The molecule has 0 saturated heterocycles. The van der Waals surface area contributed by atoms with E-state index in [1.165, 1.54) is 11.8 Å².